The molecule has 0 spiro atoms. The molecule has 0 saturated carbocycles. The number of hydrogen-bond donors (Lipinski definition) is 1. The van der Waals surface area contributed by atoms with Crippen LogP contribution in [-0.4, -0.2) is 11.6 Å². The molecule has 0 aliphatic carbocycles. The first-order chi connectivity index (χ1) is 4.34. The molecular formula is C7H12N2. The van der Waals surface area contributed by atoms with Gasteiger partial charge in [0.1, 0.15) is 0 Å². The van der Waals surface area contributed by atoms with Crippen LogP contribution >= 0.6 is 0 Å². The van der Waals surface area contributed by atoms with Gasteiger partial charge in [-0.2, -0.15) is 0 Å². The van der Waals surface area contributed by atoms with Crippen molar-refractivity contribution in [2.45, 2.75) is 13.3 Å². The van der Waals surface area contributed by atoms with Gasteiger partial charge in [0.2, 0.25) is 0 Å². The fourth-order valence-corrected chi connectivity index (χ4v) is 0.887. The maximum Gasteiger partial charge on any atom is 0.0522 e. The summed E-state index contributed by atoms with van der Waals surface area (Å²) in [5, 5.41) is 1.76. The second kappa shape index (κ2) is 2.69. The van der Waals surface area contributed by atoms with Crippen LogP contribution in [0.5, 0.6) is 0 Å². The van der Waals surface area contributed by atoms with Gasteiger partial charge in [-0.25, -0.2) is 5.84 Å². The Morgan fingerprint density at radius 3 is 3.00 bits per heavy atom. The zero-order valence-corrected chi connectivity index (χ0v) is 5.67. The Labute approximate surface area is 55.6 Å². The average molecular weight is 124 g/mol. The van der Waals surface area contributed by atoms with E-state index in [9.17, 15) is 0 Å². The highest BCUT2D eigenvalue weighted by atomic mass is 15.4. The van der Waals surface area contributed by atoms with Crippen LogP contribution in [0.4, 0.5) is 0 Å². The quantitative estimate of drug-likeness (QED) is 0.529. The van der Waals surface area contributed by atoms with Crippen molar-refractivity contribution in [1.29, 1.82) is 0 Å². The third-order valence-electron chi connectivity index (χ3n) is 1.46. The summed E-state index contributed by atoms with van der Waals surface area (Å²) in [7, 11) is 0. The van der Waals surface area contributed by atoms with E-state index in [1.165, 1.54) is 5.70 Å². The molecule has 0 aromatic heterocycles. The predicted molar refractivity (Wildman–Crippen MR) is 38.4 cm³/mol. The minimum atomic E-state index is 0.847. The van der Waals surface area contributed by atoms with Crippen molar-refractivity contribution in [3.05, 3.63) is 23.9 Å². The van der Waals surface area contributed by atoms with Crippen LogP contribution in [0.3, 0.4) is 0 Å². The van der Waals surface area contributed by atoms with Gasteiger partial charge in [-0.05, 0) is 12.5 Å². The van der Waals surface area contributed by atoms with Gasteiger partial charge in [0, 0.05) is 5.70 Å². The van der Waals surface area contributed by atoms with Crippen LogP contribution in [0.25, 0.3) is 0 Å². The van der Waals surface area contributed by atoms with E-state index in [-0.39, 0.29) is 0 Å². The largest absolute Gasteiger partial charge is 0.311 e. The minimum Gasteiger partial charge on any atom is -0.311 e. The standard InChI is InChI=1S/C7H12N2/c1-2-7-5-3-4-6-9(7)8/h3-5H,2,6,8H2,1H3. The molecule has 1 aliphatic rings. The normalized spacial score (nSPS) is 18.0. The van der Waals surface area contributed by atoms with Crippen molar-refractivity contribution in [3.63, 3.8) is 0 Å². The molecule has 0 radical (unpaired) electrons. The molecule has 9 heavy (non-hydrogen) atoms. The number of rotatable bonds is 1. The Kier molecular flexibility index (Phi) is 1.90. The first kappa shape index (κ1) is 6.36. The van der Waals surface area contributed by atoms with Gasteiger partial charge in [0.05, 0.1) is 6.54 Å². The molecule has 50 valence electrons. The topological polar surface area (TPSA) is 29.3 Å². The zero-order valence-electron chi connectivity index (χ0n) is 5.67. The summed E-state index contributed by atoms with van der Waals surface area (Å²) in [4.78, 5) is 0. The van der Waals surface area contributed by atoms with E-state index in [4.69, 9.17) is 5.84 Å². The van der Waals surface area contributed by atoms with Crippen LogP contribution in [0, 0.1) is 0 Å². The average Bonchev–Trinajstić information content (AvgIpc) is 1.89. The van der Waals surface area contributed by atoms with E-state index in [0.29, 0.717) is 0 Å². The molecule has 1 aliphatic heterocycles. The van der Waals surface area contributed by atoms with Gasteiger partial charge in [-0.3, -0.25) is 0 Å². The Hall–Kier alpha value is -0.760. The van der Waals surface area contributed by atoms with E-state index in [0.717, 1.165) is 13.0 Å². The van der Waals surface area contributed by atoms with E-state index >= 15 is 0 Å². The molecule has 2 nitrogen and oxygen atoms in total. The molecule has 2 heteroatoms. The third kappa shape index (κ3) is 1.33. The SMILES string of the molecule is CCC1=CC=CCN1N. The first-order valence-corrected chi connectivity index (χ1v) is 3.22. The Bertz CT molecular complexity index is 147. The lowest BCUT2D eigenvalue weighted by Gasteiger charge is -2.21. The van der Waals surface area contributed by atoms with E-state index in [1.54, 1.807) is 5.01 Å². The molecule has 0 amide bonds. The molecule has 0 aromatic carbocycles. The van der Waals surface area contributed by atoms with Crippen LogP contribution in [0.1, 0.15) is 13.3 Å². The van der Waals surface area contributed by atoms with Crippen molar-refractivity contribution in [2.75, 3.05) is 6.54 Å². The van der Waals surface area contributed by atoms with Gasteiger partial charge in [0.15, 0.2) is 0 Å². The van der Waals surface area contributed by atoms with E-state index < -0.39 is 0 Å². The molecule has 0 bridgehead atoms. The second-order valence-corrected chi connectivity index (χ2v) is 2.09. The molecule has 0 atom stereocenters. The number of nitrogens with zero attached hydrogens (tertiary/aromatic N) is 1. The number of nitrogens with two attached hydrogens (primary N) is 1. The highest BCUT2D eigenvalue weighted by Gasteiger charge is 2.01. The number of hydrogen-bond acceptors (Lipinski definition) is 2. The fraction of sp³-hybridized carbons (Fsp3) is 0.429. The molecule has 2 N–H and O–H groups in total. The second-order valence-electron chi connectivity index (χ2n) is 2.09. The number of hydrazine groups is 1. The molecule has 1 heterocycles. The van der Waals surface area contributed by atoms with Crippen molar-refractivity contribution in [2.24, 2.45) is 5.84 Å². The molecule has 0 unspecified atom stereocenters. The first-order valence-electron chi connectivity index (χ1n) is 3.22. The van der Waals surface area contributed by atoms with E-state index in [2.05, 4.69) is 6.92 Å². The summed E-state index contributed by atoms with van der Waals surface area (Å²) in [5.74, 6) is 5.60. The van der Waals surface area contributed by atoms with Crippen molar-refractivity contribution >= 4 is 0 Å². The molecule has 0 saturated heterocycles. The number of allylic oxidation sites excluding steroid dienone is 3. The monoisotopic (exact) mass is 124 g/mol. The van der Waals surface area contributed by atoms with E-state index in [1.807, 2.05) is 18.2 Å². The third-order valence-corrected chi connectivity index (χ3v) is 1.46. The van der Waals surface area contributed by atoms with Gasteiger partial charge in [-0.15, -0.1) is 0 Å². The summed E-state index contributed by atoms with van der Waals surface area (Å²) in [6.45, 7) is 2.95. The van der Waals surface area contributed by atoms with Gasteiger partial charge in [0.25, 0.3) is 0 Å². The van der Waals surface area contributed by atoms with Crippen LogP contribution in [0.15, 0.2) is 23.9 Å². The predicted octanol–water partition coefficient (Wildman–Crippen LogP) is 1.03. The van der Waals surface area contributed by atoms with Crippen LogP contribution in [0.2, 0.25) is 0 Å². The maximum atomic E-state index is 5.60. The van der Waals surface area contributed by atoms with Gasteiger partial charge >= 0.3 is 0 Å². The Morgan fingerprint density at radius 2 is 2.56 bits per heavy atom. The molecule has 1 rings (SSSR count). The summed E-state index contributed by atoms with van der Waals surface area (Å²) in [6, 6.07) is 0. The minimum absolute atomic E-state index is 0.847. The van der Waals surface area contributed by atoms with Crippen molar-refractivity contribution in [1.82, 2.24) is 5.01 Å². The molecular weight excluding hydrogens is 112 g/mol. The highest BCUT2D eigenvalue weighted by molar-refractivity contribution is 5.16. The van der Waals surface area contributed by atoms with Gasteiger partial charge < -0.3 is 5.01 Å². The van der Waals surface area contributed by atoms with Gasteiger partial charge in [-0.1, -0.05) is 19.1 Å². The van der Waals surface area contributed by atoms with Crippen LogP contribution < -0.4 is 5.84 Å². The lowest BCUT2D eigenvalue weighted by Crippen LogP contribution is -2.31. The lowest BCUT2D eigenvalue weighted by atomic mass is 10.2. The van der Waals surface area contributed by atoms with Crippen molar-refractivity contribution < 1.29 is 0 Å². The Balaban J connectivity index is 2.63. The van der Waals surface area contributed by atoms with Crippen LogP contribution in [-0.2, 0) is 0 Å². The summed E-state index contributed by atoms with van der Waals surface area (Å²) < 4.78 is 0. The summed E-state index contributed by atoms with van der Waals surface area (Å²) >= 11 is 0. The maximum absolute atomic E-state index is 5.60. The highest BCUT2D eigenvalue weighted by Crippen LogP contribution is 2.07. The molecule has 0 aromatic rings. The fourth-order valence-electron chi connectivity index (χ4n) is 0.887. The zero-order chi connectivity index (χ0) is 6.69. The van der Waals surface area contributed by atoms with Crippen molar-refractivity contribution in [3.8, 4) is 0 Å². The smallest absolute Gasteiger partial charge is 0.0522 e. The summed E-state index contributed by atoms with van der Waals surface area (Å²) in [6.07, 6.45) is 7.14. The summed E-state index contributed by atoms with van der Waals surface area (Å²) in [5.41, 5.74) is 1.21. The molecule has 0 fully saturated rings. The Morgan fingerprint density at radius 1 is 1.78 bits per heavy atom. The lowest BCUT2D eigenvalue weighted by molar-refractivity contribution is 0.382.